The minimum atomic E-state index is -0.0315. The number of aromatic nitrogens is 4. The van der Waals surface area contributed by atoms with Gasteiger partial charge in [0.25, 0.3) is 0 Å². The topological polar surface area (TPSA) is 71.2 Å². The number of carbonyl (C=O) groups excluding carboxylic acids is 1. The lowest BCUT2D eigenvalue weighted by molar-refractivity contribution is 0.0995. The molecule has 4 heterocycles. The maximum absolute atomic E-state index is 11.7. The number of nitrogens with one attached hydrogen (secondary N) is 1. The number of rotatable bonds is 5. The van der Waals surface area contributed by atoms with Crippen molar-refractivity contribution in [3.63, 3.8) is 0 Å². The van der Waals surface area contributed by atoms with Crippen LogP contribution >= 0.6 is 0 Å². The summed E-state index contributed by atoms with van der Waals surface area (Å²) in [4.78, 5) is 15.8. The standard InChI is InChI=1S/C15H21N7O/c1-19-12(2-4-17-19)3-6-20-9-14(10-20)22-11-13(8-18-22)21-7-5-16-15(21)23/h2,4,8,11,14H,3,5-7,9-10H2,1H3,(H,16,23). The molecule has 0 radical (unpaired) electrons. The van der Waals surface area contributed by atoms with Gasteiger partial charge in [0.15, 0.2) is 0 Å². The van der Waals surface area contributed by atoms with Crippen LogP contribution in [0.2, 0.25) is 0 Å². The quantitative estimate of drug-likeness (QED) is 0.858. The van der Waals surface area contributed by atoms with Gasteiger partial charge in [-0.25, -0.2) is 4.79 Å². The van der Waals surface area contributed by atoms with E-state index in [4.69, 9.17) is 0 Å². The molecule has 0 bridgehead atoms. The molecular weight excluding hydrogens is 294 g/mol. The zero-order valence-electron chi connectivity index (χ0n) is 13.2. The molecule has 2 aromatic rings. The van der Waals surface area contributed by atoms with E-state index in [9.17, 15) is 4.79 Å². The predicted octanol–water partition coefficient (Wildman–Crippen LogP) is 0.246. The molecule has 0 unspecified atom stereocenters. The molecule has 122 valence electrons. The molecular formula is C15H21N7O. The van der Waals surface area contributed by atoms with Crippen LogP contribution in [-0.2, 0) is 13.5 Å². The Balaban J connectivity index is 1.29. The SMILES string of the molecule is Cn1nccc1CCN1CC(n2cc(N3CCNC3=O)cn2)C1. The molecule has 23 heavy (non-hydrogen) atoms. The first-order valence-corrected chi connectivity index (χ1v) is 7.99. The molecule has 8 nitrogen and oxygen atoms in total. The predicted molar refractivity (Wildman–Crippen MR) is 85.4 cm³/mol. The highest BCUT2D eigenvalue weighted by atomic mass is 16.2. The highest BCUT2D eigenvalue weighted by Crippen LogP contribution is 2.24. The van der Waals surface area contributed by atoms with Crippen LogP contribution in [-0.4, -0.2) is 63.2 Å². The lowest BCUT2D eigenvalue weighted by Crippen LogP contribution is -2.48. The van der Waals surface area contributed by atoms with E-state index in [1.54, 1.807) is 11.1 Å². The molecule has 0 saturated carbocycles. The summed E-state index contributed by atoms with van der Waals surface area (Å²) in [7, 11) is 1.98. The van der Waals surface area contributed by atoms with E-state index >= 15 is 0 Å². The molecule has 4 rings (SSSR count). The van der Waals surface area contributed by atoms with Crippen LogP contribution in [0.3, 0.4) is 0 Å². The van der Waals surface area contributed by atoms with Crippen molar-refractivity contribution in [2.45, 2.75) is 12.5 Å². The molecule has 8 heteroatoms. The largest absolute Gasteiger partial charge is 0.336 e. The maximum atomic E-state index is 11.7. The van der Waals surface area contributed by atoms with Crippen LogP contribution in [0.15, 0.2) is 24.7 Å². The number of anilines is 1. The molecule has 2 aromatic heterocycles. The first kappa shape index (κ1) is 14.3. The fourth-order valence-electron chi connectivity index (χ4n) is 3.20. The van der Waals surface area contributed by atoms with Crippen molar-refractivity contribution in [1.29, 1.82) is 0 Å². The van der Waals surface area contributed by atoms with Gasteiger partial charge in [-0.15, -0.1) is 0 Å². The average Bonchev–Trinajstić information content (AvgIpc) is 3.19. The summed E-state index contributed by atoms with van der Waals surface area (Å²) >= 11 is 0. The fraction of sp³-hybridized carbons (Fsp3) is 0.533. The van der Waals surface area contributed by atoms with Gasteiger partial charge in [0.1, 0.15) is 0 Å². The number of carbonyl (C=O) groups is 1. The Morgan fingerprint density at radius 1 is 1.35 bits per heavy atom. The second-order valence-corrected chi connectivity index (χ2v) is 6.17. The molecule has 0 aliphatic carbocycles. The zero-order chi connectivity index (χ0) is 15.8. The third-order valence-electron chi connectivity index (χ3n) is 4.67. The van der Waals surface area contributed by atoms with Gasteiger partial charge in [-0.05, 0) is 6.07 Å². The van der Waals surface area contributed by atoms with Crippen molar-refractivity contribution in [3.8, 4) is 0 Å². The minimum absolute atomic E-state index is 0.0315. The number of amides is 2. The smallest absolute Gasteiger partial charge is 0.322 e. The molecule has 0 spiro atoms. The van der Waals surface area contributed by atoms with Crippen LogP contribution in [0, 0.1) is 0 Å². The molecule has 1 N–H and O–H groups in total. The molecule has 2 fully saturated rings. The Hall–Kier alpha value is -2.35. The molecule has 2 aliphatic heterocycles. The van der Waals surface area contributed by atoms with Gasteiger partial charge < -0.3 is 5.32 Å². The molecule has 2 amide bonds. The van der Waals surface area contributed by atoms with Gasteiger partial charge in [-0.1, -0.05) is 0 Å². The van der Waals surface area contributed by atoms with Crippen molar-refractivity contribution >= 4 is 11.7 Å². The van der Waals surface area contributed by atoms with E-state index in [-0.39, 0.29) is 6.03 Å². The van der Waals surface area contributed by atoms with Gasteiger partial charge in [0.05, 0.1) is 17.9 Å². The summed E-state index contributed by atoms with van der Waals surface area (Å²) < 4.78 is 3.92. The first-order valence-electron chi connectivity index (χ1n) is 7.99. The Bertz CT molecular complexity index is 700. The fourth-order valence-corrected chi connectivity index (χ4v) is 3.20. The number of likely N-dealkylation sites (tertiary alicyclic amines) is 1. The van der Waals surface area contributed by atoms with Crippen LogP contribution in [0.1, 0.15) is 11.7 Å². The van der Waals surface area contributed by atoms with Crippen LogP contribution in [0.25, 0.3) is 0 Å². The minimum Gasteiger partial charge on any atom is -0.336 e. The highest BCUT2D eigenvalue weighted by molar-refractivity contribution is 5.93. The summed E-state index contributed by atoms with van der Waals surface area (Å²) in [6.07, 6.45) is 6.62. The third-order valence-corrected chi connectivity index (χ3v) is 4.67. The van der Waals surface area contributed by atoms with Crippen molar-refractivity contribution in [2.75, 3.05) is 37.6 Å². The lowest BCUT2D eigenvalue weighted by atomic mass is 10.1. The number of urea groups is 1. The van der Waals surface area contributed by atoms with E-state index in [0.717, 1.165) is 31.7 Å². The maximum Gasteiger partial charge on any atom is 0.322 e. The van der Waals surface area contributed by atoms with Crippen LogP contribution in [0.4, 0.5) is 10.5 Å². The van der Waals surface area contributed by atoms with Gasteiger partial charge in [-0.2, -0.15) is 10.2 Å². The second-order valence-electron chi connectivity index (χ2n) is 6.17. The van der Waals surface area contributed by atoms with Gasteiger partial charge in [0.2, 0.25) is 0 Å². The normalized spacial score (nSPS) is 19.2. The number of nitrogens with zero attached hydrogens (tertiary/aromatic N) is 6. The first-order chi connectivity index (χ1) is 11.2. The van der Waals surface area contributed by atoms with Gasteiger partial charge in [-0.3, -0.25) is 19.2 Å². The summed E-state index contributed by atoms with van der Waals surface area (Å²) in [6, 6.07) is 2.44. The van der Waals surface area contributed by atoms with Crippen LogP contribution in [0.5, 0.6) is 0 Å². The Morgan fingerprint density at radius 2 is 2.22 bits per heavy atom. The van der Waals surface area contributed by atoms with E-state index in [1.165, 1.54) is 5.69 Å². The number of hydrogen-bond acceptors (Lipinski definition) is 4. The molecule has 0 atom stereocenters. The monoisotopic (exact) mass is 315 g/mol. The van der Waals surface area contributed by atoms with E-state index in [0.29, 0.717) is 19.1 Å². The zero-order valence-corrected chi connectivity index (χ0v) is 13.2. The van der Waals surface area contributed by atoms with E-state index < -0.39 is 0 Å². The highest BCUT2D eigenvalue weighted by Gasteiger charge is 2.30. The summed E-state index contributed by atoms with van der Waals surface area (Å²) in [5, 5.41) is 11.4. The molecule has 0 aromatic carbocycles. The summed E-state index contributed by atoms with van der Waals surface area (Å²) in [5.41, 5.74) is 2.14. The summed E-state index contributed by atoms with van der Waals surface area (Å²) in [5.74, 6) is 0. The van der Waals surface area contributed by atoms with Crippen LogP contribution < -0.4 is 10.2 Å². The van der Waals surface area contributed by atoms with E-state index in [2.05, 4.69) is 26.5 Å². The van der Waals surface area contributed by atoms with Crippen molar-refractivity contribution < 1.29 is 4.79 Å². The lowest BCUT2D eigenvalue weighted by Gasteiger charge is -2.39. The van der Waals surface area contributed by atoms with Crippen molar-refractivity contribution in [3.05, 3.63) is 30.4 Å². The van der Waals surface area contributed by atoms with Crippen molar-refractivity contribution in [1.82, 2.24) is 29.8 Å². The Kier molecular flexibility index (Phi) is 3.53. The molecule has 2 aliphatic rings. The Labute approximate surface area is 134 Å². The van der Waals surface area contributed by atoms with E-state index in [1.807, 2.05) is 28.8 Å². The third kappa shape index (κ3) is 2.70. The number of hydrogen-bond donors (Lipinski definition) is 1. The Morgan fingerprint density at radius 3 is 2.91 bits per heavy atom. The summed E-state index contributed by atoms with van der Waals surface area (Å²) in [6.45, 7) is 4.47. The van der Waals surface area contributed by atoms with Gasteiger partial charge >= 0.3 is 6.03 Å². The second kappa shape index (κ2) is 5.69. The van der Waals surface area contributed by atoms with Crippen molar-refractivity contribution in [2.24, 2.45) is 7.05 Å². The van der Waals surface area contributed by atoms with Gasteiger partial charge in [0, 0.05) is 64.3 Å². The average molecular weight is 315 g/mol. The molecule has 2 saturated heterocycles. The number of aryl methyl sites for hydroxylation is 1.